The molecule has 0 saturated heterocycles. The van der Waals surface area contributed by atoms with E-state index in [-0.39, 0.29) is 24.1 Å². The number of nitrogens with zero attached hydrogens (tertiary/aromatic N) is 4. The number of nitrogens with one attached hydrogen (secondary N) is 3. The lowest BCUT2D eigenvalue weighted by molar-refractivity contribution is 0.0950. The summed E-state index contributed by atoms with van der Waals surface area (Å²) in [6, 6.07) is 3.02. The second-order valence-corrected chi connectivity index (χ2v) is 7.57. The molecule has 0 spiro atoms. The Balaban J connectivity index is 1.57. The maximum absolute atomic E-state index is 14.5. The van der Waals surface area contributed by atoms with Crippen LogP contribution in [0.5, 0.6) is 5.75 Å². The standard InChI is InChI=1S/C22H20FN7O3/c1-24-22(32)20-27-10-16(30(20)2)13-8-26-19(14-9-28-29-21(31)18(13)14)25-7-12-11-5-6-33-17(11)4-3-15(12)23/h3-4,8-10H,5-7H2,1-2H3,(H,24,32)(H,25,26)(H,29,31). The van der Waals surface area contributed by atoms with Crippen LogP contribution in [0.2, 0.25) is 0 Å². The summed E-state index contributed by atoms with van der Waals surface area (Å²) in [7, 11) is 3.20. The van der Waals surface area contributed by atoms with Crippen LogP contribution in [0.15, 0.2) is 35.5 Å². The Bertz CT molecular complexity index is 1460. The zero-order valence-corrected chi connectivity index (χ0v) is 17.9. The van der Waals surface area contributed by atoms with Crippen molar-refractivity contribution in [3.63, 3.8) is 0 Å². The molecule has 4 heterocycles. The van der Waals surface area contributed by atoms with E-state index in [1.807, 2.05) is 0 Å². The number of hydrogen-bond acceptors (Lipinski definition) is 7. The lowest BCUT2D eigenvalue weighted by Crippen LogP contribution is -2.22. The van der Waals surface area contributed by atoms with Crippen LogP contribution in [-0.4, -0.2) is 44.3 Å². The number of H-pyrrole nitrogens is 1. The fraction of sp³-hybridized carbons (Fsp3) is 0.227. The normalized spacial score (nSPS) is 12.5. The number of benzene rings is 1. The van der Waals surface area contributed by atoms with Gasteiger partial charge in [-0.2, -0.15) is 5.10 Å². The van der Waals surface area contributed by atoms with E-state index in [2.05, 4.69) is 30.8 Å². The van der Waals surface area contributed by atoms with Crippen LogP contribution >= 0.6 is 0 Å². The van der Waals surface area contributed by atoms with E-state index < -0.39 is 5.56 Å². The number of imidazole rings is 1. The SMILES string of the molecule is CNC(=O)c1ncc(-c2cnc(NCc3c(F)ccc4c3CCO4)c3cn[nH]c(=O)c23)n1C. The molecule has 0 atom stereocenters. The smallest absolute Gasteiger partial charge is 0.287 e. The quantitative estimate of drug-likeness (QED) is 0.424. The summed E-state index contributed by atoms with van der Waals surface area (Å²) < 4.78 is 21.6. The first-order chi connectivity index (χ1) is 16.0. The largest absolute Gasteiger partial charge is 0.493 e. The van der Waals surface area contributed by atoms with Crippen LogP contribution in [0.4, 0.5) is 10.2 Å². The van der Waals surface area contributed by atoms with Crippen LogP contribution in [0, 0.1) is 5.82 Å². The van der Waals surface area contributed by atoms with Crippen molar-refractivity contribution in [3.05, 3.63) is 63.8 Å². The van der Waals surface area contributed by atoms with E-state index in [9.17, 15) is 14.0 Å². The zero-order valence-electron chi connectivity index (χ0n) is 17.9. The fourth-order valence-electron chi connectivity index (χ4n) is 4.10. The number of aromatic nitrogens is 5. The Labute approximate surface area is 186 Å². The number of carbonyl (C=O) groups is 1. The second kappa shape index (κ2) is 8.01. The van der Waals surface area contributed by atoms with Gasteiger partial charge in [0.15, 0.2) is 5.82 Å². The van der Waals surface area contributed by atoms with Gasteiger partial charge in [0.1, 0.15) is 17.4 Å². The molecule has 33 heavy (non-hydrogen) atoms. The molecule has 0 saturated carbocycles. The molecule has 0 aliphatic carbocycles. The lowest BCUT2D eigenvalue weighted by Gasteiger charge is -2.14. The number of anilines is 1. The van der Waals surface area contributed by atoms with Gasteiger partial charge in [-0.15, -0.1) is 0 Å². The first-order valence-electron chi connectivity index (χ1n) is 10.3. The molecule has 10 nitrogen and oxygen atoms in total. The molecular formula is C22H20FN7O3. The fourth-order valence-corrected chi connectivity index (χ4v) is 4.10. The highest BCUT2D eigenvalue weighted by Crippen LogP contribution is 2.32. The lowest BCUT2D eigenvalue weighted by atomic mass is 10.0. The summed E-state index contributed by atoms with van der Waals surface area (Å²) in [5, 5.41) is 12.8. The van der Waals surface area contributed by atoms with Crippen molar-refractivity contribution in [2.75, 3.05) is 19.0 Å². The van der Waals surface area contributed by atoms with Gasteiger partial charge in [-0.25, -0.2) is 19.5 Å². The summed E-state index contributed by atoms with van der Waals surface area (Å²) in [6.07, 6.45) is 5.16. The van der Waals surface area contributed by atoms with Crippen LogP contribution in [0.1, 0.15) is 21.7 Å². The van der Waals surface area contributed by atoms with Crippen molar-refractivity contribution in [3.8, 4) is 17.0 Å². The molecule has 1 aromatic carbocycles. The van der Waals surface area contributed by atoms with E-state index in [1.54, 1.807) is 17.7 Å². The third-order valence-corrected chi connectivity index (χ3v) is 5.77. The third kappa shape index (κ3) is 3.37. The molecule has 1 amide bonds. The van der Waals surface area contributed by atoms with E-state index in [0.717, 1.165) is 5.56 Å². The van der Waals surface area contributed by atoms with Gasteiger partial charge >= 0.3 is 0 Å². The highest BCUT2D eigenvalue weighted by atomic mass is 19.1. The van der Waals surface area contributed by atoms with E-state index in [0.29, 0.717) is 52.2 Å². The average Bonchev–Trinajstić information content (AvgIpc) is 3.45. The van der Waals surface area contributed by atoms with Crippen LogP contribution in [0.3, 0.4) is 0 Å². The van der Waals surface area contributed by atoms with Gasteiger partial charge in [0, 0.05) is 49.9 Å². The van der Waals surface area contributed by atoms with Gasteiger partial charge in [0.05, 0.1) is 35.5 Å². The summed E-state index contributed by atoms with van der Waals surface area (Å²) >= 11 is 0. The Morgan fingerprint density at radius 1 is 1.27 bits per heavy atom. The highest BCUT2D eigenvalue weighted by molar-refractivity contribution is 6.00. The number of aromatic amines is 1. The molecule has 1 aliphatic heterocycles. The van der Waals surface area contributed by atoms with E-state index in [1.165, 1.54) is 31.7 Å². The number of rotatable bonds is 5. The van der Waals surface area contributed by atoms with E-state index >= 15 is 0 Å². The second-order valence-electron chi connectivity index (χ2n) is 7.57. The van der Waals surface area contributed by atoms with Gasteiger partial charge in [0.25, 0.3) is 11.5 Å². The zero-order chi connectivity index (χ0) is 23.1. The van der Waals surface area contributed by atoms with Crippen molar-refractivity contribution in [2.24, 2.45) is 7.05 Å². The number of amides is 1. The number of pyridine rings is 1. The topological polar surface area (TPSA) is 127 Å². The van der Waals surface area contributed by atoms with Crippen molar-refractivity contribution in [2.45, 2.75) is 13.0 Å². The molecule has 5 rings (SSSR count). The van der Waals surface area contributed by atoms with Gasteiger partial charge in [-0.3, -0.25) is 9.59 Å². The molecule has 4 aromatic rings. The van der Waals surface area contributed by atoms with Gasteiger partial charge < -0.3 is 19.9 Å². The number of halogens is 1. The molecule has 3 aromatic heterocycles. The molecular weight excluding hydrogens is 429 g/mol. The summed E-state index contributed by atoms with van der Waals surface area (Å²) in [5.41, 5.74) is 1.94. The molecule has 0 radical (unpaired) electrons. The maximum Gasteiger partial charge on any atom is 0.287 e. The van der Waals surface area contributed by atoms with E-state index in [4.69, 9.17) is 4.74 Å². The Hall–Kier alpha value is -4.28. The first-order valence-corrected chi connectivity index (χ1v) is 10.3. The maximum atomic E-state index is 14.5. The predicted octanol–water partition coefficient (Wildman–Crippen LogP) is 1.76. The van der Waals surface area contributed by atoms with Crippen LogP contribution in [-0.2, 0) is 20.0 Å². The van der Waals surface area contributed by atoms with Gasteiger partial charge in [-0.1, -0.05) is 0 Å². The monoisotopic (exact) mass is 449 g/mol. The summed E-state index contributed by atoms with van der Waals surface area (Å²) in [4.78, 5) is 33.5. The van der Waals surface area contributed by atoms with Crippen LogP contribution in [0.25, 0.3) is 22.0 Å². The van der Waals surface area contributed by atoms with Crippen molar-refractivity contribution >= 4 is 22.5 Å². The molecule has 168 valence electrons. The number of ether oxygens (including phenoxy) is 1. The van der Waals surface area contributed by atoms with Crippen LogP contribution < -0.4 is 20.9 Å². The third-order valence-electron chi connectivity index (χ3n) is 5.77. The summed E-state index contributed by atoms with van der Waals surface area (Å²) in [5.74, 6) is 0.583. The number of fused-ring (bicyclic) bond motifs is 2. The number of hydrogen-bond donors (Lipinski definition) is 3. The highest BCUT2D eigenvalue weighted by Gasteiger charge is 2.21. The Morgan fingerprint density at radius 3 is 2.94 bits per heavy atom. The van der Waals surface area contributed by atoms with Gasteiger partial charge in [0.2, 0.25) is 0 Å². The molecule has 11 heteroatoms. The van der Waals surface area contributed by atoms with Gasteiger partial charge in [-0.05, 0) is 12.1 Å². The Morgan fingerprint density at radius 2 is 2.12 bits per heavy atom. The first kappa shape index (κ1) is 20.6. The summed E-state index contributed by atoms with van der Waals surface area (Å²) in [6.45, 7) is 0.683. The molecule has 0 bridgehead atoms. The van der Waals surface area contributed by atoms with Crippen molar-refractivity contribution in [1.29, 1.82) is 0 Å². The Kier molecular flexibility index (Phi) is 5.00. The molecule has 3 N–H and O–H groups in total. The molecule has 0 fully saturated rings. The molecule has 1 aliphatic rings. The minimum atomic E-state index is -0.421. The van der Waals surface area contributed by atoms with Crippen molar-refractivity contribution in [1.82, 2.24) is 30.0 Å². The minimum absolute atomic E-state index is 0.166. The minimum Gasteiger partial charge on any atom is -0.493 e. The average molecular weight is 449 g/mol. The predicted molar refractivity (Wildman–Crippen MR) is 119 cm³/mol. The van der Waals surface area contributed by atoms with Crippen molar-refractivity contribution < 1.29 is 13.9 Å². The molecule has 0 unspecified atom stereocenters. The number of carbonyl (C=O) groups excluding carboxylic acids is 1.